The summed E-state index contributed by atoms with van der Waals surface area (Å²) in [6.07, 6.45) is 16.4. The fourth-order valence-corrected chi connectivity index (χ4v) is 6.89. The van der Waals surface area contributed by atoms with Crippen LogP contribution in [-0.2, 0) is 25.7 Å². The van der Waals surface area contributed by atoms with Crippen LogP contribution >= 0.6 is 0 Å². The SMILES string of the molecule is CCCCCCOc1c(O)ccc(CC)c1CC.CCCCCCOc1c(O)ccc(CC)c1CC.COc1cnnnc1-c1ccccc1.COc1cnnnc1-c1ccccc1. The smallest absolute Gasteiger partial charge is 0.167 e. The van der Waals surface area contributed by atoms with E-state index in [0.29, 0.717) is 47.6 Å². The first kappa shape index (κ1) is 52.0. The maximum absolute atomic E-state index is 9.92. The van der Waals surface area contributed by atoms with Crippen LogP contribution in [0.3, 0.4) is 0 Å². The number of benzene rings is 4. The van der Waals surface area contributed by atoms with E-state index in [9.17, 15) is 10.2 Å². The van der Waals surface area contributed by atoms with E-state index in [0.717, 1.165) is 60.8 Å². The summed E-state index contributed by atoms with van der Waals surface area (Å²) < 4.78 is 21.9. The second-order valence-corrected chi connectivity index (χ2v) is 14.8. The van der Waals surface area contributed by atoms with E-state index < -0.39 is 0 Å². The van der Waals surface area contributed by atoms with Crippen LogP contribution in [0.4, 0.5) is 0 Å². The van der Waals surface area contributed by atoms with Crippen LogP contribution in [-0.4, -0.2) is 68.5 Å². The van der Waals surface area contributed by atoms with Gasteiger partial charge in [-0.05, 0) is 72.2 Å². The molecular formula is C52H70N6O6. The van der Waals surface area contributed by atoms with Gasteiger partial charge in [-0.2, -0.15) is 0 Å². The number of rotatable bonds is 20. The highest BCUT2D eigenvalue weighted by atomic mass is 16.5. The summed E-state index contributed by atoms with van der Waals surface area (Å²) in [6, 6.07) is 27.0. The van der Waals surface area contributed by atoms with E-state index in [-0.39, 0.29) is 11.5 Å². The van der Waals surface area contributed by atoms with Crippen LogP contribution in [0.2, 0.25) is 0 Å². The number of hydrogen-bond acceptors (Lipinski definition) is 12. The molecule has 12 nitrogen and oxygen atoms in total. The Bertz CT molecular complexity index is 2020. The van der Waals surface area contributed by atoms with Gasteiger partial charge in [-0.25, -0.2) is 0 Å². The molecule has 0 saturated carbocycles. The number of aromatic nitrogens is 6. The fourth-order valence-electron chi connectivity index (χ4n) is 6.89. The Kier molecular flexibility index (Phi) is 25.0. The van der Waals surface area contributed by atoms with Gasteiger partial charge in [-0.3, -0.25) is 0 Å². The van der Waals surface area contributed by atoms with Crippen molar-refractivity contribution >= 4 is 0 Å². The van der Waals surface area contributed by atoms with Gasteiger partial charge in [0.05, 0.1) is 39.8 Å². The zero-order valence-corrected chi connectivity index (χ0v) is 39.3. The van der Waals surface area contributed by atoms with Crippen LogP contribution in [0, 0.1) is 0 Å². The minimum Gasteiger partial charge on any atom is -0.504 e. The summed E-state index contributed by atoms with van der Waals surface area (Å²) in [5, 5.41) is 42.2. The summed E-state index contributed by atoms with van der Waals surface area (Å²) in [6.45, 7) is 14.3. The molecule has 0 unspecified atom stereocenters. The lowest BCUT2D eigenvalue weighted by atomic mass is 10.0. The van der Waals surface area contributed by atoms with Gasteiger partial charge in [-0.1, -0.05) is 153 Å². The van der Waals surface area contributed by atoms with E-state index in [1.807, 2.05) is 72.8 Å². The van der Waals surface area contributed by atoms with E-state index in [4.69, 9.17) is 18.9 Å². The van der Waals surface area contributed by atoms with Gasteiger partial charge in [0.15, 0.2) is 34.5 Å². The highest BCUT2D eigenvalue weighted by molar-refractivity contribution is 5.65. The number of methoxy groups -OCH3 is 2. The van der Waals surface area contributed by atoms with E-state index in [2.05, 4.69) is 72.4 Å². The van der Waals surface area contributed by atoms with Crippen molar-refractivity contribution in [3.05, 3.63) is 120 Å². The molecule has 0 bridgehead atoms. The third kappa shape index (κ3) is 16.8. The van der Waals surface area contributed by atoms with Crippen molar-refractivity contribution in [2.75, 3.05) is 27.4 Å². The van der Waals surface area contributed by atoms with Gasteiger partial charge in [0.2, 0.25) is 0 Å². The van der Waals surface area contributed by atoms with Crippen LogP contribution < -0.4 is 18.9 Å². The summed E-state index contributed by atoms with van der Waals surface area (Å²) >= 11 is 0. The monoisotopic (exact) mass is 875 g/mol. The van der Waals surface area contributed by atoms with Gasteiger partial charge in [-0.15, -0.1) is 20.4 Å². The first-order chi connectivity index (χ1) is 31.3. The molecule has 2 aromatic heterocycles. The topological polar surface area (TPSA) is 155 Å². The molecule has 2 N–H and O–H groups in total. The standard InChI is InChI=1S/2C16H26O2.2C10H9N3O/c2*1-4-7-8-9-12-18-16-14(6-3)13(5-2)10-11-15(16)17;2*1-14-9-7-11-13-12-10(9)8-5-3-2-4-6-8/h2*10-11,17H,4-9,12H2,1-3H3;2*2-7H,1H3. The first-order valence-corrected chi connectivity index (χ1v) is 22.8. The lowest BCUT2D eigenvalue weighted by Crippen LogP contribution is -2.02. The number of aromatic hydroxyl groups is 2. The van der Waals surface area contributed by atoms with E-state index in [1.54, 1.807) is 38.7 Å². The van der Waals surface area contributed by atoms with Crippen LogP contribution in [0.5, 0.6) is 34.5 Å². The van der Waals surface area contributed by atoms with Crippen molar-refractivity contribution in [1.82, 2.24) is 30.8 Å². The second-order valence-electron chi connectivity index (χ2n) is 14.8. The molecule has 6 rings (SSSR count). The molecule has 0 radical (unpaired) electrons. The number of phenols is 2. The van der Waals surface area contributed by atoms with Crippen molar-refractivity contribution in [1.29, 1.82) is 0 Å². The highest BCUT2D eigenvalue weighted by Crippen LogP contribution is 2.35. The Morgan fingerprint density at radius 1 is 0.453 bits per heavy atom. The van der Waals surface area contributed by atoms with Gasteiger partial charge >= 0.3 is 0 Å². The Morgan fingerprint density at radius 3 is 1.17 bits per heavy atom. The average Bonchev–Trinajstić information content (AvgIpc) is 3.35. The molecule has 0 atom stereocenters. The maximum atomic E-state index is 9.92. The summed E-state index contributed by atoms with van der Waals surface area (Å²) in [5.74, 6) is 3.22. The van der Waals surface area contributed by atoms with Crippen LogP contribution in [0.15, 0.2) is 97.3 Å². The first-order valence-electron chi connectivity index (χ1n) is 22.8. The molecule has 0 saturated heterocycles. The Labute approximate surface area is 381 Å². The van der Waals surface area contributed by atoms with Crippen molar-refractivity contribution in [3.8, 4) is 57.0 Å². The Morgan fingerprint density at radius 2 is 0.844 bits per heavy atom. The van der Waals surface area contributed by atoms with E-state index in [1.165, 1.54) is 49.7 Å². The summed E-state index contributed by atoms with van der Waals surface area (Å²) in [5.41, 5.74) is 8.24. The molecule has 344 valence electrons. The number of ether oxygens (including phenoxy) is 4. The Balaban J connectivity index is 0.000000228. The summed E-state index contributed by atoms with van der Waals surface area (Å²) in [4.78, 5) is 0. The fraction of sp³-hybridized carbons (Fsp3) is 0.423. The van der Waals surface area contributed by atoms with Crippen LogP contribution in [0.1, 0.15) is 115 Å². The number of nitrogens with zero attached hydrogens (tertiary/aromatic N) is 6. The second kappa shape index (κ2) is 30.7. The van der Waals surface area contributed by atoms with Crippen molar-refractivity contribution in [3.63, 3.8) is 0 Å². The number of hydrogen-bond donors (Lipinski definition) is 2. The molecule has 0 amide bonds. The summed E-state index contributed by atoms with van der Waals surface area (Å²) in [7, 11) is 3.18. The zero-order valence-electron chi connectivity index (χ0n) is 39.3. The van der Waals surface area contributed by atoms with Crippen LogP contribution in [0.25, 0.3) is 22.5 Å². The van der Waals surface area contributed by atoms with Gasteiger partial charge in [0.1, 0.15) is 11.4 Å². The normalized spacial score (nSPS) is 10.2. The lowest BCUT2D eigenvalue weighted by Gasteiger charge is -2.15. The maximum Gasteiger partial charge on any atom is 0.167 e. The molecule has 12 heteroatoms. The minimum absolute atomic E-state index is 0.277. The molecule has 2 heterocycles. The molecule has 0 aliphatic rings. The molecule has 64 heavy (non-hydrogen) atoms. The Hall–Kier alpha value is -6.30. The van der Waals surface area contributed by atoms with Crippen molar-refractivity contribution < 1.29 is 29.2 Å². The van der Waals surface area contributed by atoms with Crippen molar-refractivity contribution in [2.24, 2.45) is 0 Å². The molecule has 6 aromatic rings. The molecule has 0 fully saturated rings. The predicted molar refractivity (Wildman–Crippen MR) is 257 cm³/mol. The molecule has 0 aliphatic carbocycles. The minimum atomic E-state index is 0.277. The third-order valence-electron chi connectivity index (χ3n) is 10.4. The lowest BCUT2D eigenvalue weighted by molar-refractivity contribution is 0.286. The average molecular weight is 875 g/mol. The van der Waals surface area contributed by atoms with Gasteiger partial charge in [0, 0.05) is 22.3 Å². The third-order valence-corrected chi connectivity index (χ3v) is 10.4. The predicted octanol–water partition coefficient (Wildman–Crippen LogP) is 12.0. The van der Waals surface area contributed by atoms with Gasteiger partial charge < -0.3 is 29.2 Å². The largest absolute Gasteiger partial charge is 0.504 e. The number of unbranched alkanes of at least 4 members (excludes halogenated alkanes) is 6. The molecule has 4 aromatic carbocycles. The molecule has 0 aliphatic heterocycles. The number of aryl methyl sites for hydroxylation is 2. The van der Waals surface area contributed by atoms with Gasteiger partial charge in [0.25, 0.3) is 0 Å². The zero-order chi connectivity index (χ0) is 46.4. The van der Waals surface area contributed by atoms with E-state index >= 15 is 0 Å². The quantitative estimate of drug-likeness (QED) is 0.0701. The van der Waals surface area contributed by atoms with Crippen molar-refractivity contribution in [2.45, 2.75) is 119 Å². The highest BCUT2D eigenvalue weighted by Gasteiger charge is 2.14. The number of phenolic OH excluding ortho intramolecular Hbond substituents is 2. The molecule has 0 spiro atoms. The molecular weight excluding hydrogens is 805 g/mol.